The lowest BCUT2D eigenvalue weighted by Gasteiger charge is -1.79. The van der Waals surface area contributed by atoms with Crippen LogP contribution in [0.1, 0.15) is 21.6 Å². The molecule has 0 amide bonds. The van der Waals surface area contributed by atoms with E-state index in [9.17, 15) is 9.59 Å². The third-order valence-corrected chi connectivity index (χ3v) is 0.761. The van der Waals surface area contributed by atoms with Crippen LogP contribution in [0.4, 0.5) is 0 Å². The first-order valence-corrected chi connectivity index (χ1v) is 2.02. The van der Waals surface area contributed by atoms with Gasteiger partial charge in [0.15, 0.2) is 0 Å². The number of carbonyl (C=O) groups excluding carboxylic acids is 2. The van der Waals surface area contributed by atoms with E-state index in [1.54, 1.807) is 0 Å². The van der Waals surface area contributed by atoms with Gasteiger partial charge < -0.3 is 4.74 Å². The van der Waals surface area contributed by atoms with Gasteiger partial charge in [-0.05, 0) is 0 Å². The summed E-state index contributed by atoms with van der Waals surface area (Å²) >= 11 is 0. The predicted octanol–water partition coefficient (Wildman–Crippen LogP) is 0.486. The van der Waals surface area contributed by atoms with Gasteiger partial charge in [0.25, 0.3) is 0 Å². The van der Waals surface area contributed by atoms with Crippen LogP contribution in [-0.2, 0) is 14.3 Å². The van der Waals surface area contributed by atoms with Gasteiger partial charge >= 0.3 is 11.9 Å². The molecule has 0 radical (unpaired) electrons. The van der Waals surface area contributed by atoms with Gasteiger partial charge in [-0.25, -0.2) is 0 Å². The van der Waals surface area contributed by atoms with Crippen LogP contribution in [0.25, 0.3) is 0 Å². The Bertz CT molecular complexity index is 107. The Kier molecular flexibility index (Phi) is 1.62. The summed E-state index contributed by atoms with van der Waals surface area (Å²) in [6.07, 6.45) is 0.525. The Balaban J connectivity index is 0.000000291. The first kappa shape index (κ1) is 5.28. The summed E-state index contributed by atoms with van der Waals surface area (Å²) in [5.41, 5.74) is 0. The van der Waals surface area contributed by atoms with Gasteiger partial charge in [0, 0.05) is 1.37 Å². The van der Waals surface area contributed by atoms with E-state index in [1.807, 2.05) is 0 Å². The lowest BCUT2D eigenvalue weighted by molar-refractivity contribution is -0.151. The van der Waals surface area contributed by atoms with Crippen LogP contribution in [-0.4, -0.2) is 11.9 Å². The standard InChI is InChI=1S/C4H4O3.CH4/c5-3-1-2-4(6)7-3;/h1-2H2;1H4/i;1D. The van der Waals surface area contributed by atoms with E-state index in [0.29, 0.717) is 0 Å². The summed E-state index contributed by atoms with van der Waals surface area (Å²) in [6.45, 7) is 0. The zero-order valence-corrected chi connectivity index (χ0v) is 4.64. The van der Waals surface area contributed by atoms with Crippen LogP contribution < -0.4 is 0 Å². The van der Waals surface area contributed by atoms with E-state index >= 15 is 0 Å². The van der Waals surface area contributed by atoms with Gasteiger partial charge in [-0.3, -0.25) is 9.59 Å². The quantitative estimate of drug-likeness (QED) is 0.342. The molecule has 0 unspecified atom stereocenters. The highest BCUT2D eigenvalue weighted by Crippen LogP contribution is 2.03. The molecule has 1 aliphatic heterocycles. The minimum Gasteiger partial charge on any atom is -0.393 e. The van der Waals surface area contributed by atoms with E-state index in [4.69, 9.17) is 1.37 Å². The number of cyclic esters (lactones) is 2. The second-order valence-electron chi connectivity index (χ2n) is 1.35. The highest BCUT2D eigenvalue weighted by Gasteiger charge is 2.19. The Hall–Kier alpha value is -0.860. The molecule has 0 aromatic heterocycles. The Morgan fingerprint density at radius 1 is 1.38 bits per heavy atom. The highest BCUT2D eigenvalue weighted by atomic mass is 16.6. The minimum atomic E-state index is -0.398. The molecule has 0 N–H and O–H groups in total. The largest absolute Gasteiger partial charge is 0.393 e. The van der Waals surface area contributed by atoms with Crippen molar-refractivity contribution in [3.8, 4) is 0 Å². The van der Waals surface area contributed by atoms with Gasteiger partial charge in [0.1, 0.15) is 0 Å². The van der Waals surface area contributed by atoms with Crippen molar-refractivity contribution in [1.82, 2.24) is 0 Å². The summed E-state index contributed by atoms with van der Waals surface area (Å²) in [7, 11) is 1.25. The number of hydrogen-bond acceptors (Lipinski definition) is 3. The van der Waals surface area contributed by atoms with Crippen LogP contribution in [0.2, 0.25) is 0 Å². The molecule has 0 atom stereocenters. The van der Waals surface area contributed by atoms with Crippen LogP contribution in [0.15, 0.2) is 0 Å². The molecular formula is C5H8O3. The number of hydrogen-bond donors (Lipinski definition) is 0. The second-order valence-corrected chi connectivity index (χ2v) is 1.35. The maximum absolute atomic E-state index is 10.0. The molecule has 1 heterocycles. The molecule has 0 saturated carbocycles. The van der Waals surface area contributed by atoms with Crippen molar-refractivity contribution in [3.63, 3.8) is 0 Å². The van der Waals surface area contributed by atoms with Crippen molar-refractivity contribution in [2.24, 2.45) is 0 Å². The van der Waals surface area contributed by atoms with Crippen LogP contribution in [0.5, 0.6) is 0 Å². The molecule has 0 aromatic rings. The molecule has 1 rings (SSSR count). The zero-order chi connectivity index (χ0) is 7.28. The van der Waals surface area contributed by atoms with Crippen molar-refractivity contribution < 1.29 is 15.7 Å². The number of rotatable bonds is 0. The monoisotopic (exact) mass is 117 g/mol. The molecule has 0 bridgehead atoms. The average Bonchev–Trinajstić information content (AvgIpc) is 2.20. The number of ether oxygens (including phenoxy) is 1. The van der Waals surface area contributed by atoms with Crippen LogP contribution in [0.3, 0.4) is 0 Å². The van der Waals surface area contributed by atoms with E-state index in [1.165, 1.54) is 7.40 Å². The first-order chi connectivity index (χ1) is 4.29. The van der Waals surface area contributed by atoms with Gasteiger partial charge in [0.2, 0.25) is 0 Å². The SMILES string of the molecule is O=C1CCC(=O)O1.[2H]C. The summed E-state index contributed by atoms with van der Waals surface area (Å²) in [6, 6.07) is 0. The molecule has 3 heteroatoms. The normalized spacial score (nSPS) is 18.4. The minimum absolute atomic E-state index is 0.263. The molecule has 46 valence electrons. The Morgan fingerprint density at radius 3 is 1.88 bits per heavy atom. The summed E-state index contributed by atoms with van der Waals surface area (Å²) in [5, 5.41) is 0. The van der Waals surface area contributed by atoms with Crippen molar-refractivity contribution in [3.05, 3.63) is 0 Å². The molecule has 1 fully saturated rings. The molecular weight excluding hydrogens is 108 g/mol. The van der Waals surface area contributed by atoms with Gasteiger partial charge in [-0.15, -0.1) is 0 Å². The molecule has 3 nitrogen and oxygen atoms in total. The molecule has 1 saturated heterocycles. The fourth-order valence-corrected chi connectivity index (χ4v) is 0.433. The van der Waals surface area contributed by atoms with Gasteiger partial charge in [-0.1, -0.05) is 7.40 Å². The zero-order valence-electron chi connectivity index (χ0n) is 5.64. The molecule has 0 aliphatic carbocycles. The van der Waals surface area contributed by atoms with Crippen LogP contribution >= 0.6 is 0 Å². The highest BCUT2D eigenvalue weighted by molar-refractivity contribution is 5.92. The summed E-state index contributed by atoms with van der Waals surface area (Å²) in [5.74, 6) is -0.796. The van der Waals surface area contributed by atoms with E-state index in [0.717, 1.165) is 0 Å². The number of carbonyl (C=O) groups is 2. The summed E-state index contributed by atoms with van der Waals surface area (Å²) in [4.78, 5) is 20.0. The van der Waals surface area contributed by atoms with E-state index in [-0.39, 0.29) is 12.8 Å². The smallest absolute Gasteiger partial charge is 0.314 e. The Labute approximate surface area is 49.0 Å². The van der Waals surface area contributed by atoms with Crippen molar-refractivity contribution in [2.75, 3.05) is 0 Å². The predicted molar refractivity (Wildman–Crippen MR) is 27.1 cm³/mol. The average molecular weight is 117 g/mol. The third kappa shape index (κ3) is 1.33. The topological polar surface area (TPSA) is 43.4 Å². The maximum atomic E-state index is 10.0. The Morgan fingerprint density at radius 2 is 1.75 bits per heavy atom. The lowest BCUT2D eigenvalue weighted by atomic mass is 10.4. The van der Waals surface area contributed by atoms with Crippen LogP contribution in [0, 0.1) is 0 Å². The second kappa shape index (κ2) is 2.45. The van der Waals surface area contributed by atoms with Crippen molar-refractivity contribution in [2.45, 2.75) is 20.2 Å². The van der Waals surface area contributed by atoms with E-state index < -0.39 is 11.9 Å². The molecule has 0 aromatic carbocycles. The number of esters is 2. The molecule has 0 spiro atoms. The fourth-order valence-electron chi connectivity index (χ4n) is 0.433. The van der Waals surface area contributed by atoms with Crippen molar-refractivity contribution in [1.29, 1.82) is 0 Å². The first-order valence-electron chi connectivity index (χ1n) is 3.02. The summed E-state index contributed by atoms with van der Waals surface area (Å²) < 4.78 is 9.83. The molecule has 1 aliphatic rings. The van der Waals surface area contributed by atoms with Gasteiger partial charge in [0.05, 0.1) is 12.8 Å². The molecule has 8 heavy (non-hydrogen) atoms. The fraction of sp³-hybridized carbons (Fsp3) is 0.600. The third-order valence-electron chi connectivity index (χ3n) is 0.761. The van der Waals surface area contributed by atoms with Crippen molar-refractivity contribution >= 4 is 11.9 Å². The van der Waals surface area contributed by atoms with Gasteiger partial charge in [-0.2, -0.15) is 0 Å². The van der Waals surface area contributed by atoms with E-state index in [2.05, 4.69) is 4.74 Å². The maximum Gasteiger partial charge on any atom is 0.314 e. The lowest BCUT2D eigenvalue weighted by Crippen LogP contribution is -1.94.